The van der Waals surface area contributed by atoms with Gasteiger partial charge in [0.2, 0.25) is 0 Å². The van der Waals surface area contributed by atoms with Crippen molar-refractivity contribution in [1.82, 2.24) is 19.2 Å². The van der Waals surface area contributed by atoms with E-state index in [-0.39, 0.29) is 17.4 Å². The number of hydrogen-bond acceptors (Lipinski definition) is 4. The molecule has 0 radical (unpaired) electrons. The predicted octanol–water partition coefficient (Wildman–Crippen LogP) is 2.08. The van der Waals surface area contributed by atoms with Crippen LogP contribution in [0.1, 0.15) is 10.4 Å². The van der Waals surface area contributed by atoms with Gasteiger partial charge in [0, 0.05) is 23.0 Å². The molecule has 0 aliphatic heterocycles. The Morgan fingerprint density at radius 2 is 2.10 bits per heavy atom. The van der Waals surface area contributed by atoms with Gasteiger partial charge in [0.1, 0.15) is 6.54 Å². The van der Waals surface area contributed by atoms with Gasteiger partial charge in [0.25, 0.3) is 0 Å². The van der Waals surface area contributed by atoms with E-state index in [9.17, 15) is 9.59 Å². The summed E-state index contributed by atoms with van der Waals surface area (Å²) in [6.45, 7) is -0.206. The van der Waals surface area contributed by atoms with Gasteiger partial charge in [0.15, 0.2) is 11.4 Å². The molecule has 3 aromatic rings. The number of carbonyl (C=O) groups is 1. The molecule has 8 heteroatoms. The molecular weight excluding hydrogens is 315 g/mol. The molecule has 0 atom stereocenters. The maximum atomic E-state index is 12.2. The summed E-state index contributed by atoms with van der Waals surface area (Å²) in [4.78, 5) is 28.2. The second kappa shape index (κ2) is 5.31. The number of Topliss-reactive ketones (excluding diaryl/α,β-unsaturated/α-hetero) is 1. The zero-order valence-corrected chi connectivity index (χ0v) is 12.0. The average molecular weight is 323 g/mol. The van der Waals surface area contributed by atoms with Crippen molar-refractivity contribution in [1.29, 1.82) is 0 Å². The molecule has 0 fully saturated rings. The lowest BCUT2D eigenvalue weighted by Crippen LogP contribution is -2.25. The third-order valence-corrected chi connectivity index (χ3v) is 3.46. The molecule has 6 nitrogen and oxygen atoms in total. The van der Waals surface area contributed by atoms with E-state index in [1.807, 2.05) is 0 Å². The Morgan fingerprint density at radius 3 is 2.81 bits per heavy atom. The first-order valence-corrected chi connectivity index (χ1v) is 6.69. The SMILES string of the molecule is O=C(Cn1nc2cnccn2c1=O)c1ccc(Cl)cc1Cl. The zero-order chi connectivity index (χ0) is 15.0. The number of fused-ring (bicyclic) bond motifs is 1. The predicted molar refractivity (Wildman–Crippen MR) is 78.0 cm³/mol. The van der Waals surface area contributed by atoms with Crippen LogP contribution in [-0.4, -0.2) is 24.9 Å². The number of halogens is 2. The Labute approximate surface area is 128 Å². The van der Waals surface area contributed by atoms with Gasteiger partial charge < -0.3 is 0 Å². The minimum atomic E-state index is -0.411. The maximum absolute atomic E-state index is 12.2. The molecule has 0 unspecified atom stereocenters. The summed E-state index contributed by atoms with van der Waals surface area (Å²) in [5.41, 5.74) is 0.256. The van der Waals surface area contributed by atoms with E-state index < -0.39 is 5.69 Å². The first-order chi connectivity index (χ1) is 10.1. The van der Waals surface area contributed by atoms with Gasteiger partial charge in [-0.05, 0) is 18.2 Å². The highest BCUT2D eigenvalue weighted by atomic mass is 35.5. The van der Waals surface area contributed by atoms with Gasteiger partial charge in [0.05, 0.1) is 11.2 Å². The molecule has 0 N–H and O–H groups in total. The second-order valence-corrected chi connectivity index (χ2v) is 5.14. The topological polar surface area (TPSA) is 69.3 Å². The molecule has 0 saturated heterocycles. The molecule has 0 spiro atoms. The lowest BCUT2D eigenvalue weighted by molar-refractivity contribution is 0.0966. The van der Waals surface area contributed by atoms with Crippen LogP contribution in [0.25, 0.3) is 5.65 Å². The van der Waals surface area contributed by atoms with Crippen molar-refractivity contribution in [3.05, 3.63) is 62.9 Å². The molecule has 1 aromatic carbocycles. The van der Waals surface area contributed by atoms with Crippen molar-refractivity contribution >= 4 is 34.6 Å². The van der Waals surface area contributed by atoms with E-state index in [4.69, 9.17) is 23.2 Å². The molecule has 0 bridgehead atoms. The monoisotopic (exact) mass is 322 g/mol. The summed E-state index contributed by atoms with van der Waals surface area (Å²) in [6, 6.07) is 4.57. The fraction of sp³-hybridized carbons (Fsp3) is 0.0769. The largest absolute Gasteiger partial charge is 0.350 e. The van der Waals surface area contributed by atoms with Gasteiger partial charge >= 0.3 is 5.69 Å². The van der Waals surface area contributed by atoms with Gasteiger partial charge in [-0.3, -0.25) is 9.78 Å². The van der Waals surface area contributed by atoms with Crippen molar-refractivity contribution in [2.45, 2.75) is 6.54 Å². The van der Waals surface area contributed by atoms with E-state index in [1.165, 1.54) is 35.1 Å². The third-order valence-electron chi connectivity index (χ3n) is 2.91. The van der Waals surface area contributed by atoms with Crippen LogP contribution in [-0.2, 0) is 6.54 Å². The number of hydrogen-bond donors (Lipinski definition) is 0. The van der Waals surface area contributed by atoms with Crippen LogP contribution in [0.4, 0.5) is 0 Å². The average Bonchev–Trinajstić information content (AvgIpc) is 2.76. The second-order valence-electron chi connectivity index (χ2n) is 4.29. The smallest absolute Gasteiger partial charge is 0.292 e. The molecule has 3 rings (SSSR count). The van der Waals surface area contributed by atoms with Crippen molar-refractivity contribution in [2.24, 2.45) is 0 Å². The Morgan fingerprint density at radius 1 is 1.29 bits per heavy atom. The molecule has 2 aromatic heterocycles. The summed E-state index contributed by atoms with van der Waals surface area (Å²) in [7, 11) is 0. The summed E-state index contributed by atoms with van der Waals surface area (Å²) < 4.78 is 2.38. The normalized spacial score (nSPS) is 11.0. The van der Waals surface area contributed by atoms with Crippen molar-refractivity contribution in [2.75, 3.05) is 0 Å². The first kappa shape index (κ1) is 13.8. The Kier molecular flexibility index (Phi) is 3.48. The van der Waals surface area contributed by atoms with Gasteiger partial charge in [-0.15, -0.1) is 5.10 Å². The Hall–Kier alpha value is -2.18. The summed E-state index contributed by atoms with van der Waals surface area (Å²) in [5.74, 6) is -0.324. The molecule has 2 heterocycles. The number of ketones is 1. The summed E-state index contributed by atoms with van der Waals surface area (Å²) in [6.07, 6.45) is 4.40. The first-order valence-electron chi connectivity index (χ1n) is 5.94. The van der Waals surface area contributed by atoms with Crippen LogP contribution < -0.4 is 5.69 Å². The van der Waals surface area contributed by atoms with E-state index in [0.29, 0.717) is 16.2 Å². The molecule has 0 amide bonds. The maximum Gasteiger partial charge on any atom is 0.350 e. The highest BCUT2D eigenvalue weighted by molar-refractivity contribution is 6.36. The fourth-order valence-electron chi connectivity index (χ4n) is 1.92. The van der Waals surface area contributed by atoms with Crippen LogP contribution in [0.3, 0.4) is 0 Å². The minimum Gasteiger partial charge on any atom is -0.292 e. The Balaban J connectivity index is 1.96. The van der Waals surface area contributed by atoms with Crippen LogP contribution in [0.15, 0.2) is 41.6 Å². The lowest BCUT2D eigenvalue weighted by Gasteiger charge is -2.03. The van der Waals surface area contributed by atoms with Crippen LogP contribution in [0.5, 0.6) is 0 Å². The molecular formula is C13H8Cl2N4O2. The molecule has 0 aliphatic rings. The minimum absolute atomic E-state index is 0.206. The van der Waals surface area contributed by atoms with Crippen molar-refractivity contribution in [3.8, 4) is 0 Å². The molecule has 21 heavy (non-hydrogen) atoms. The number of carbonyl (C=O) groups excluding carboxylic acids is 1. The van der Waals surface area contributed by atoms with E-state index >= 15 is 0 Å². The van der Waals surface area contributed by atoms with E-state index in [1.54, 1.807) is 6.07 Å². The third kappa shape index (κ3) is 2.55. The van der Waals surface area contributed by atoms with Gasteiger partial charge in [-0.2, -0.15) is 0 Å². The number of aromatic nitrogens is 4. The quantitative estimate of drug-likeness (QED) is 0.692. The van der Waals surface area contributed by atoms with Gasteiger partial charge in [-0.1, -0.05) is 23.2 Å². The lowest BCUT2D eigenvalue weighted by atomic mass is 10.1. The highest BCUT2D eigenvalue weighted by Gasteiger charge is 2.15. The summed E-state index contributed by atoms with van der Waals surface area (Å²) in [5, 5.41) is 4.72. The number of nitrogens with zero attached hydrogens (tertiary/aromatic N) is 4. The van der Waals surface area contributed by atoms with Crippen LogP contribution in [0, 0.1) is 0 Å². The van der Waals surface area contributed by atoms with Crippen LogP contribution >= 0.6 is 23.2 Å². The van der Waals surface area contributed by atoms with E-state index in [2.05, 4.69) is 10.1 Å². The standard InChI is InChI=1S/C13H8Cl2N4O2/c14-8-1-2-9(10(15)5-8)11(20)7-19-13(21)18-4-3-16-6-12(18)17-19/h1-6H,7H2. The molecule has 0 saturated carbocycles. The number of rotatable bonds is 3. The van der Waals surface area contributed by atoms with E-state index in [0.717, 1.165) is 4.68 Å². The van der Waals surface area contributed by atoms with Gasteiger partial charge in [-0.25, -0.2) is 13.9 Å². The summed E-state index contributed by atoms with van der Waals surface area (Å²) >= 11 is 11.8. The van der Waals surface area contributed by atoms with Crippen molar-refractivity contribution in [3.63, 3.8) is 0 Å². The fourth-order valence-corrected chi connectivity index (χ4v) is 2.43. The van der Waals surface area contributed by atoms with Crippen LogP contribution in [0.2, 0.25) is 10.0 Å². The molecule has 106 valence electrons. The molecule has 0 aliphatic carbocycles. The Bertz CT molecular complexity index is 901. The zero-order valence-electron chi connectivity index (χ0n) is 10.5. The van der Waals surface area contributed by atoms with Crippen molar-refractivity contribution < 1.29 is 4.79 Å². The highest BCUT2D eigenvalue weighted by Crippen LogP contribution is 2.21. The number of benzene rings is 1.